The van der Waals surface area contributed by atoms with Crippen molar-refractivity contribution in [3.05, 3.63) is 66.9 Å². The molecule has 1 aliphatic rings. The highest BCUT2D eigenvalue weighted by molar-refractivity contribution is 5.93. The second-order valence-corrected chi connectivity index (χ2v) is 7.35. The maximum Gasteiger partial charge on any atom is 0.257 e. The molecule has 1 amide bonds. The summed E-state index contributed by atoms with van der Waals surface area (Å²) in [6.07, 6.45) is 10.9. The molecule has 5 heterocycles. The average Bonchev–Trinajstić information content (AvgIpc) is 3.22. The molecule has 4 aromatic rings. The van der Waals surface area contributed by atoms with E-state index in [1.165, 1.54) is 31.0 Å². The minimum absolute atomic E-state index is 0.0460. The highest BCUT2D eigenvalue weighted by atomic mass is 19.1. The molecule has 0 spiro atoms. The lowest BCUT2D eigenvalue weighted by Crippen LogP contribution is -2.45. The molecule has 0 bridgehead atoms. The number of hydrogen-bond donors (Lipinski definition) is 1. The number of amides is 1. The van der Waals surface area contributed by atoms with E-state index >= 15 is 0 Å². The maximum atomic E-state index is 13.7. The van der Waals surface area contributed by atoms with Crippen molar-refractivity contribution in [1.82, 2.24) is 34.2 Å². The summed E-state index contributed by atoms with van der Waals surface area (Å²) in [5.74, 6) is 0.631. The molecule has 31 heavy (non-hydrogen) atoms. The van der Waals surface area contributed by atoms with Gasteiger partial charge in [-0.3, -0.25) is 9.20 Å². The zero-order chi connectivity index (χ0) is 21.2. The van der Waals surface area contributed by atoms with Crippen molar-refractivity contribution in [3.63, 3.8) is 0 Å². The number of aromatic nitrogens is 6. The number of likely N-dealkylation sites (tertiary alicyclic amines) is 1. The van der Waals surface area contributed by atoms with Gasteiger partial charge < -0.3 is 10.2 Å². The van der Waals surface area contributed by atoms with Crippen molar-refractivity contribution >= 4 is 17.4 Å². The van der Waals surface area contributed by atoms with Gasteiger partial charge in [-0.15, -0.1) is 0 Å². The molecule has 0 aliphatic carbocycles. The van der Waals surface area contributed by atoms with Gasteiger partial charge >= 0.3 is 0 Å². The fraction of sp³-hybridized carbons (Fsp3) is 0.238. The van der Waals surface area contributed by atoms with Crippen molar-refractivity contribution in [1.29, 1.82) is 0 Å². The molecule has 4 aromatic heterocycles. The maximum absolute atomic E-state index is 13.7. The molecule has 0 unspecified atom stereocenters. The molecule has 1 saturated heterocycles. The van der Waals surface area contributed by atoms with E-state index in [1.807, 2.05) is 0 Å². The molecule has 0 saturated carbocycles. The fourth-order valence-electron chi connectivity index (χ4n) is 3.76. The van der Waals surface area contributed by atoms with E-state index in [-0.39, 0.29) is 17.8 Å². The van der Waals surface area contributed by atoms with Crippen molar-refractivity contribution in [2.45, 2.75) is 18.9 Å². The van der Waals surface area contributed by atoms with E-state index in [2.05, 4.69) is 30.2 Å². The van der Waals surface area contributed by atoms with E-state index in [9.17, 15) is 9.18 Å². The van der Waals surface area contributed by atoms with Crippen LogP contribution in [0.2, 0.25) is 0 Å². The summed E-state index contributed by atoms with van der Waals surface area (Å²) in [6.45, 7) is 1.24. The van der Waals surface area contributed by atoms with Gasteiger partial charge in [0, 0.05) is 43.9 Å². The van der Waals surface area contributed by atoms with Crippen molar-refractivity contribution in [2.75, 3.05) is 18.4 Å². The molecule has 0 radical (unpaired) electrons. The summed E-state index contributed by atoms with van der Waals surface area (Å²) in [4.78, 5) is 35.6. The van der Waals surface area contributed by atoms with Gasteiger partial charge in [-0.1, -0.05) is 0 Å². The number of fused-ring (bicyclic) bond motifs is 1. The normalized spacial score (nSPS) is 16.4. The van der Waals surface area contributed by atoms with E-state index < -0.39 is 0 Å². The smallest absolute Gasteiger partial charge is 0.257 e. The number of anilines is 1. The lowest BCUT2D eigenvalue weighted by atomic mass is 10.0. The number of halogens is 1. The van der Waals surface area contributed by atoms with Crippen LogP contribution in [-0.4, -0.2) is 59.3 Å². The van der Waals surface area contributed by atoms with Crippen LogP contribution in [0.5, 0.6) is 0 Å². The molecular weight excluding hydrogens is 399 g/mol. The first-order valence-corrected chi connectivity index (χ1v) is 9.94. The number of hydrogen-bond acceptors (Lipinski definition) is 7. The summed E-state index contributed by atoms with van der Waals surface area (Å²) in [6, 6.07) is 4.79. The summed E-state index contributed by atoms with van der Waals surface area (Å²) in [5.41, 5.74) is 1.69. The first-order chi connectivity index (χ1) is 15.2. The Kier molecular flexibility index (Phi) is 4.95. The Balaban J connectivity index is 1.33. The van der Waals surface area contributed by atoms with Gasteiger partial charge in [0.25, 0.3) is 5.91 Å². The number of nitrogens with zero attached hydrogens (tertiary/aromatic N) is 7. The van der Waals surface area contributed by atoms with Gasteiger partial charge in [-0.05, 0) is 31.0 Å². The number of imidazole rings is 1. The quantitative estimate of drug-likeness (QED) is 0.543. The third-order valence-electron chi connectivity index (χ3n) is 5.22. The third-order valence-corrected chi connectivity index (χ3v) is 5.22. The van der Waals surface area contributed by atoms with Crippen LogP contribution in [0.4, 0.5) is 10.2 Å². The monoisotopic (exact) mass is 418 g/mol. The zero-order valence-corrected chi connectivity index (χ0v) is 16.5. The minimum atomic E-state index is -0.364. The van der Waals surface area contributed by atoms with Crippen LogP contribution < -0.4 is 5.32 Å². The van der Waals surface area contributed by atoms with Crippen LogP contribution in [0.25, 0.3) is 17.2 Å². The fourth-order valence-corrected chi connectivity index (χ4v) is 3.76. The molecule has 9 nitrogen and oxygen atoms in total. The van der Waals surface area contributed by atoms with Gasteiger partial charge in [0.05, 0.1) is 11.8 Å². The standard InChI is InChI=1S/C21H19FN8O/c22-15-3-4-19-26-10-17(30(19)11-15)20-25-6-5-18(28-20)27-16-2-1-7-29(12-16)21(31)14-8-23-13-24-9-14/h3-6,8-11,13,16H,1-2,7,12H2,(H,25,27,28)/t16-/m1/s1. The predicted octanol–water partition coefficient (Wildman–Crippen LogP) is 2.44. The van der Waals surface area contributed by atoms with E-state index in [0.29, 0.717) is 41.6 Å². The van der Waals surface area contributed by atoms with Crippen molar-refractivity contribution in [2.24, 2.45) is 0 Å². The number of carbonyl (C=O) groups is 1. The lowest BCUT2D eigenvalue weighted by molar-refractivity contribution is 0.0714. The highest BCUT2D eigenvalue weighted by Gasteiger charge is 2.25. The van der Waals surface area contributed by atoms with Crippen LogP contribution in [0.15, 0.2) is 55.5 Å². The highest BCUT2D eigenvalue weighted by Crippen LogP contribution is 2.21. The Hall–Kier alpha value is -3.95. The number of rotatable bonds is 4. The predicted molar refractivity (Wildman–Crippen MR) is 111 cm³/mol. The topological polar surface area (TPSA) is 101 Å². The van der Waals surface area contributed by atoms with Crippen LogP contribution in [0, 0.1) is 5.82 Å². The summed E-state index contributed by atoms with van der Waals surface area (Å²) < 4.78 is 15.3. The van der Waals surface area contributed by atoms with E-state index in [1.54, 1.807) is 33.8 Å². The lowest BCUT2D eigenvalue weighted by Gasteiger charge is -2.33. The second-order valence-electron chi connectivity index (χ2n) is 7.35. The molecule has 156 valence electrons. The first kappa shape index (κ1) is 19.0. The largest absolute Gasteiger partial charge is 0.365 e. The zero-order valence-electron chi connectivity index (χ0n) is 16.5. The van der Waals surface area contributed by atoms with Gasteiger partial charge in [0.15, 0.2) is 5.82 Å². The average molecular weight is 418 g/mol. The Labute approximate surface area is 177 Å². The summed E-state index contributed by atoms with van der Waals surface area (Å²) >= 11 is 0. The Morgan fingerprint density at radius 2 is 2.00 bits per heavy atom. The second kappa shape index (κ2) is 8.05. The van der Waals surface area contributed by atoms with E-state index in [4.69, 9.17) is 0 Å². The molecule has 0 aromatic carbocycles. The minimum Gasteiger partial charge on any atom is -0.365 e. The Morgan fingerprint density at radius 3 is 2.87 bits per heavy atom. The van der Waals surface area contributed by atoms with Crippen molar-refractivity contribution < 1.29 is 9.18 Å². The molecule has 1 atom stereocenters. The van der Waals surface area contributed by atoms with Gasteiger partial charge in [-0.25, -0.2) is 29.3 Å². The van der Waals surface area contributed by atoms with Gasteiger partial charge in [-0.2, -0.15) is 0 Å². The number of carbonyl (C=O) groups excluding carboxylic acids is 1. The van der Waals surface area contributed by atoms with Crippen LogP contribution in [0.3, 0.4) is 0 Å². The molecular formula is C21H19FN8O. The van der Waals surface area contributed by atoms with Crippen LogP contribution >= 0.6 is 0 Å². The number of piperidine rings is 1. The first-order valence-electron chi connectivity index (χ1n) is 9.94. The molecule has 1 N–H and O–H groups in total. The van der Waals surface area contributed by atoms with Gasteiger partial charge in [0.2, 0.25) is 0 Å². The molecule has 10 heteroatoms. The summed E-state index contributed by atoms with van der Waals surface area (Å²) in [7, 11) is 0. The molecule has 1 fully saturated rings. The Bertz CT molecular complexity index is 1230. The SMILES string of the molecule is O=C(c1cncnc1)N1CCC[C@@H](Nc2ccnc(-c3cnc4ccc(F)cn34)n2)C1. The van der Waals surface area contributed by atoms with E-state index in [0.717, 1.165) is 12.8 Å². The third kappa shape index (κ3) is 3.91. The number of pyridine rings is 1. The van der Waals surface area contributed by atoms with Crippen molar-refractivity contribution in [3.8, 4) is 11.5 Å². The van der Waals surface area contributed by atoms with Gasteiger partial charge in [0.1, 0.15) is 29.3 Å². The van der Waals surface area contributed by atoms with Crippen LogP contribution in [-0.2, 0) is 0 Å². The molecule has 5 rings (SSSR count). The molecule has 1 aliphatic heterocycles. The Morgan fingerprint density at radius 1 is 1.13 bits per heavy atom. The summed E-state index contributed by atoms with van der Waals surface area (Å²) in [5, 5.41) is 3.40. The van der Waals surface area contributed by atoms with Crippen LogP contribution in [0.1, 0.15) is 23.2 Å². The number of nitrogens with one attached hydrogen (secondary N) is 1.